The number of amides is 2. The van der Waals surface area contributed by atoms with Crippen molar-refractivity contribution in [2.45, 2.75) is 57.0 Å². The van der Waals surface area contributed by atoms with Crippen molar-refractivity contribution < 1.29 is 9.59 Å². The molecule has 0 unspecified atom stereocenters. The van der Waals surface area contributed by atoms with Crippen molar-refractivity contribution in [1.82, 2.24) is 10.2 Å². The van der Waals surface area contributed by atoms with Crippen LogP contribution in [-0.4, -0.2) is 34.6 Å². The molecule has 2 aromatic rings. The van der Waals surface area contributed by atoms with Crippen molar-refractivity contribution in [3.63, 3.8) is 0 Å². The standard InChI is InChI=1S/C24H27Cl3N2O2S/c1-16(24(31)28-21-7-2-3-8-21)29(13-18-9-10-20(26)12-22(18)27)23(30)15-32-14-17-5-4-6-19(25)11-17/h4-6,9-12,16,21H,2-3,7-8,13-15H2,1H3,(H,28,31)/t16-/m0/s1. The maximum absolute atomic E-state index is 13.2. The summed E-state index contributed by atoms with van der Waals surface area (Å²) < 4.78 is 0. The van der Waals surface area contributed by atoms with Gasteiger partial charge in [-0.25, -0.2) is 0 Å². The summed E-state index contributed by atoms with van der Waals surface area (Å²) in [5.41, 5.74) is 1.80. The van der Waals surface area contributed by atoms with Crippen molar-refractivity contribution in [2.75, 3.05) is 5.75 Å². The topological polar surface area (TPSA) is 49.4 Å². The number of nitrogens with one attached hydrogen (secondary N) is 1. The van der Waals surface area contributed by atoms with E-state index in [1.165, 1.54) is 11.8 Å². The van der Waals surface area contributed by atoms with Gasteiger partial charge in [0.05, 0.1) is 5.75 Å². The van der Waals surface area contributed by atoms with E-state index in [-0.39, 0.29) is 30.2 Å². The summed E-state index contributed by atoms with van der Waals surface area (Å²) in [5, 5.41) is 4.78. The van der Waals surface area contributed by atoms with Crippen LogP contribution in [0.15, 0.2) is 42.5 Å². The Labute approximate surface area is 209 Å². The number of carbonyl (C=O) groups is 2. The number of benzene rings is 2. The van der Waals surface area contributed by atoms with E-state index >= 15 is 0 Å². The molecule has 0 heterocycles. The van der Waals surface area contributed by atoms with Gasteiger partial charge in [-0.1, -0.05) is 65.8 Å². The van der Waals surface area contributed by atoms with E-state index < -0.39 is 6.04 Å². The monoisotopic (exact) mass is 512 g/mol. The number of hydrogen-bond acceptors (Lipinski definition) is 3. The molecule has 0 spiro atoms. The van der Waals surface area contributed by atoms with Gasteiger partial charge >= 0.3 is 0 Å². The van der Waals surface area contributed by atoms with Crippen LogP contribution in [0.3, 0.4) is 0 Å². The smallest absolute Gasteiger partial charge is 0.242 e. The van der Waals surface area contributed by atoms with Crippen LogP contribution in [0.1, 0.15) is 43.7 Å². The third-order valence-electron chi connectivity index (χ3n) is 5.61. The largest absolute Gasteiger partial charge is 0.352 e. The molecule has 1 atom stereocenters. The average Bonchev–Trinajstić information content (AvgIpc) is 3.25. The van der Waals surface area contributed by atoms with Gasteiger partial charge in [0, 0.05) is 33.4 Å². The van der Waals surface area contributed by atoms with Gasteiger partial charge in [0.25, 0.3) is 0 Å². The lowest BCUT2D eigenvalue weighted by atomic mass is 10.1. The molecule has 1 N–H and O–H groups in total. The van der Waals surface area contributed by atoms with Gasteiger partial charge in [0.15, 0.2) is 0 Å². The first-order valence-electron chi connectivity index (χ1n) is 10.7. The minimum atomic E-state index is -0.610. The van der Waals surface area contributed by atoms with Gasteiger partial charge in [-0.15, -0.1) is 11.8 Å². The van der Waals surface area contributed by atoms with Crippen molar-refractivity contribution in [3.8, 4) is 0 Å². The van der Waals surface area contributed by atoms with Gasteiger partial charge in [0.1, 0.15) is 6.04 Å². The fourth-order valence-electron chi connectivity index (χ4n) is 3.77. The zero-order valence-electron chi connectivity index (χ0n) is 18.0. The molecular formula is C24H27Cl3N2O2S. The van der Waals surface area contributed by atoms with Crippen LogP contribution in [0, 0.1) is 0 Å². The Morgan fingerprint density at radius 3 is 2.50 bits per heavy atom. The first-order chi connectivity index (χ1) is 15.3. The molecule has 2 aromatic carbocycles. The number of thioether (sulfide) groups is 1. The van der Waals surface area contributed by atoms with E-state index in [0.717, 1.165) is 36.8 Å². The summed E-state index contributed by atoms with van der Waals surface area (Å²) in [7, 11) is 0. The quantitative estimate of drug-likeness (QED) is 0.425. The molecule has 2 amide bonds. The van der Waals surface area contributed by atoms with Crippen LogP contribution in [0.5, 0.6) is 0 Å². The molecule has 32 heavy (non-hydrogen) atoms. The third-order valence-corrected chi connectivity index (χ3v) is 7.42. The number of nitrogens with zero attached hydrogens (tertiary/aromatic N) is 1. The van der Waals surface area contributed by atoms with Crippen molar-refractivity contribution in [1.29, 1.82) is 0 Å². The highest BCUT2D eigenvalue weighted by atomic mass is 35.5. The lowest BCUT2D eigenvalue weighted by Gasteiger charge is -2.30. The zero-order chi connectivity index (χ0) is 23.1. The maximum atomic E-state index is 13.2. The number of rotatable bonds is 9. The SMILES string of the molecule is C[C@@H](C(=O)NC1CCCC1)N(Cc1ccc(Cl)cc1Cl)C(=O)CSCc1cccc(Cl)c1. The second kappa shape index (κ2) is 12.2. The summed E-state index contributed by atoms with van der Waals surface area (Å²) in [6.07, 6.45) is 4.24. The van der Waals surface area contributed by atoms with Crippen LogP contribution < -0.4 is 5.32 Å². The van der Waals surface area contributed by atoms with Gasteiger partial charge in [0.2, 0.25) is 11.8 Å². The molecule has 0 radical (unpaired) electrons. The fraction of sp³-hybridized carbons (Fsp3) is 0.417. The van der Waals surface area contributed by atoms with E-state index in [1.54, 1.807) is 30.0 Å². The van der Waals surface area contributed by atoms with Crippen molar-refractivity contribution >= 4 is 58.4 Å². The van der Waals surface area contributed by atoms with Crippen LogP contribution in [0.4, 0.5) is 0 Å². The first-order valence-corrected chi connectivity index (χ1v) is 13.0. The van der Waals surface area contributed by atoms with Gasteiger partial charge in [-0.2, -0.15) is 0 Å². The van der Waals surface area contributed by atoms with Crippen LogP contribution in [-0.2, 0) is 21.9 Å². The average molecular weight is 514 g/mol. The van der Waals surface area contributed by atoms with Crippen molar-refractivity contribution in [3.05, 3.63) is 68.7 Å². The Morgan fingerprint density at radius 1 is 1.09 bits per heavy atom. The highest BCUT2D eigenvalue weighted by molar-refractivity contribution is 7.99. The summed E-state index contributed by atoms with van der Waals surface area (Å²) in [4.78, 5) is 27.7. The first kappa shape index (κ1) is 25.2. The molecular weight excluding hydrogens is 487 g/mol. The van der Waals surface area contributed by atoms with E-state index in [9.17, 15) is 9.59 Å². The predicted molar refractivity (Wildman–Crippen MR) is 134 cm³/mol. The molecule has 172 valence electrons. The predicted octanol–water partition coefficient (Wildman–Crippen LogP) is 6.36. The molecule has 0 saturated heterocycles. The normalized spacial score (nSPS) is 14.9. The van der Waals surface area contributed by atoms with Crippen LogP contribution in [0.2, 0.25) is 15.1 Å². The highest BCUT2D eigenvalue weighted by Crippen LogP contribution is 2.25. The van der Waals surface area contributed by atoms with Crippen LogP contribution >= 0.6 is 46.6 Å². The Kier molecular flexibility index (Phi) is 9.60. The molecule has 1 saturated carbocycles. The Balaban J connectivity index is 1.69. The molecule has 0 aromatic heterocycles. The minimum absolute atomic E-state index is 0.114. The summed E-state index contributed by atoms with van der Waals surface area (Å²) >= 11 is 19.9. The molecule has 1 aliphatic carbocycles. The van der Waals surface area contributed by atoms with E-state index in [0.29, 0.717) is 20.8 Å². The van der Waals surface area contributed by atoms with Gasteiger partial charge < -0.3 is 10.2 Å². The number of halogens is 3. The third kappa shape index (κ3) is 7.31. The molecule has 0 bridgehead atoms. The Bertz CT molecular complexity index is 951. The fourth-order valence-corrected chi connectivity index (χ4v) is 5.31. The molecule has 8 heteroatoms. The second-order valence-corrected chi connectivity index (χ2v) is 10.3. The zero-order valence-corrected chi connectivity index (χ0v) is 21.0. The van der Waals surface area contributed by atoms with Gasteiger partial charge in [-0.3, -0.25) is 9.59 Å². The second-order valence-electron chi connectivity index (χ2n) is 8.05. The van der Waals surface area contributed by atoms with Gasteiger partial charge in [-0.05, 0) is 55.2 Å². The lowest BCUT2D eigenvalue weighted by Crippen LogP contribution is -2.50. The highest BCUT2D eigenvalue weighted by Gasteiger charge is 2.28. The maximum Gasteiger partial charge on any atom is 0.242 e. The summed E-state index contributed by atoms with van der Waals surface area (Å²) in [5.74, 6) is 0.663. The van der Waals surface area contributed by atoms with E-state index in [1.807, 2.05) is 24.3 Å². The minimum Gasteiger partial charge on any atom is -0.352 e. The number of carbonyl (C=O) groups excluding carboxylic acids is 2. The lowest BCUT2D eigenvalue weighted by molar-refractivity contribution is -0.138. The number of hydrogen-bond donors (Lipinski definition) is 1. The van der Waals surface area contributed by atoms with E-state index in [4.69, 9.17) is 34.8 Å². The Hall–Kier alpha value is -1.40. The van der Waals surface area contributed by atoms with Crippen molar-refractivity contribution in [2.24, 2.45) is 0 Å². The van der Waals surface area contributed by atoms with E-state index in [2.05, 4.69) is 5.32 Å². The molecule has 0 aliphatic heterocycles. The summed E-state index contributed by atoms with van der Waals surface area (Å²) in [6, 6.07) is 12.4. The molecule has 1 aliphatic rings. The Morgan fingerprint density at radius 2 is 1.81 bits per heavy atom. The molecule has 4 nitrogen and oxygen atoms in total. The molecule has 3 rings (SSSR count). The van der Waals surface area contributed by atoms with Crippen LogP contribution in [0.25, 0.3) is 0 Å². The molecule has 1 fully saturated rings. The summed E-state index contributed by atoms with van der Waals surface area (Å²) in [6.45, 7) is 2.01.